The normalized spacial score (nSPS) is 16.7. The number of imide groups is 1. The monoisotopic (exact) mass is 512 g/mol. The highest BCUT2D eigenvalue weighted by molar-refractivity contribution is 8.04. The number of amides is 2. The van der Waals surface area contributed by atoms with E-state index in [1.54, 1.807) is 36.4 Å². The first-order valence-corrected chi connectivity index (χ1v) is 13.3. The Balaban J connectivity index is 1.57. The summed E-state index contributed by atoms with van der Waals surface area (Å²) in [5.41, 5.74) is 1.14. The van der Waals surface area contributed by atoms with E-state index < -0.39 is 5.97 Å². The predicted molar refractivity (Wildman–Crippen MR) is 138 cm³/mol. The van der Waals surface area contributed by atoms with Crippen LogP contribution in [-0.2, 0) is 14.3 Å². The fourth-order valence-electron chi connectivity index (χ4n) is 4.18. The van der Waals surface area contributed by atoms with Crippen molar-refractivity contribution in [2.75, 3.05) is 11.5 Å². The molecule has 4 rings (SSSR count). The van der Waals surface area contributed by atoms with E-state index in [1.165, 1.54) is 23.1 Å². The van der Waals surface area contributed by atoms with Crippen LogP contribution in [0.1, 0.15) is 62.2 Å². The van der Waals surface area contributed by atoms with Crippen LogP contribution in [0.4, 0.5) is 5.69 Å². The second kappa shape index (κ2) is 11.8. The van der Waals surface area contributed by atoms with Crippen molar-refractivity contribution in [2.24, 2.45) is 0 Å². The average molecular weight is 513 g/mol. The van der Waals surface area contributed by atoms with Crippen LogP contribution in [0.2, 0.25) is 5.02 Å². The molecule has 0 saturated heterocycles. The van der Waals surface area contributed by atoms with Gasteiger partial charge in [0.15, 0.2) is 0 Å². The van der Waals surface area contributed by atoms with E-state index in [1.807, 2.05) is 19.1 Å². The van der Waals surface area contributed by atoms with Crippen molar-refractivity contribution in [2.45, 2.75) is 62.8 Å². The molecule has 2 aromatic carbocycles. The van der Waals surface area contributed by atoms with Gasteiger partial charge in [-0.1, -0.05) is 56.0 Å². The molecule has 0 atom stereocenters. The molecule has 1 saturated carbocycles. The van der Waals surface area contributed by atoms with Gasteiger partial charge in [0.2, 0.25) is 0 Å². The van der Waals surface area contributed by atoms with Gasteiger partial charge in [0.25, 0.3) is 11.8 Å². The Morgan fingerprint density at radius 1 is 1.03 bits per heavy atom. The van der Waals surface area contributed by atoms with Crippen LogP contribution in [0.25, 0.3) is 0 Å². The van der Waals surface area contributed by atoms with E-state index in [4.69, 9.17) is 16.3 Å². The first kappa shape index (κ1) is 25.3. The molecule has 1 N–H and O–H groups in total. The number of hydrogen-bond donors (Lipinski definition) is 1. The molecule has 1 fully saturated rings. The maximum atomic E-state index is 13.5. The first-order chi connectivity index (χ1) is 17.0. The number of carbonyl (C=O) groups excluding carboxylic acids is 3. The summed E-state index contributed by atoms with van der Waals surface area (Å²) in [6, 6.07) is 13.7. The predicted octanol–water partition coefficient (Wildman–Crippen LogP) is 6.10. The lowest BCUT2D eigenvalue weighted by atomic mass is 9.95. The molecule has 0 radical (unpaired) electrons. The molecule has 2 aliphatic rings. The van der Waals surface area contributed by atoms with Gasteiger partial charge in [-0.05, 0) is 67.8 Å². The molecule has 6 nitrogen and oxygen atoms in total. The molecule has 1 aliphatic carbocycles. The van der Waals surface area contributed by atoms with Crippen molar-refractivity contribution in [3.63, 3.8) is 0 Å². The van der Waals surface area contributed by atoms with Gasteiger partial charge in [-0.25, -0.2) is 9.69 Å². The molecule has 1 aliphatic heterocycles. The van der Waals surface area contributed by atoms with Crippen LogP contribution in [0, 0.1) is 0 Å². The van der Waals surface area contributed by atoms with Crippen molar-refractivity contribution >= 4 is 46.8 Å². The Morgan fingerprint density at radius 3 is 2.37 bits per heavy atom. The van der Waals surface area contributed by atoms with Gasteiger partial charge in [-0.3, -0.25) is 9.59 Å². The van der Waals surface area contributed by atoms with Gasteiger partial charge >= 0.3 is 5.97 Å². The minimum Gasteiger partial charge on any atom is -0.462 e. The number of anilines is 1. The molecule has 2 aromatic rings. The van der Waals surface area contributed by atoms with Crippen LogP contribution in [0.5, 0.6) is 0 Å². The number of halogens is 1. The van der Waals surface area contributed by atoms with Crippen LogP contribution in [-0.4, -0.2) is 30.4 Å². The number of benzene rings is 2. The summed E-state index contributed by atoms with van der Waals surface area (Å²) in [5, 5.41) is 3.99. The summed E-state index contributed by atoms with van der Waals surface area (Å²) in [4.78, 5) is 41.6. The lowest BCUT2D eigenvalue weighted by Crippen LogP contribution is -2.37. The number of nitrogens with zero attached hydrogens (tertiary/aromatic N) is 1. The van der Waals surface area contributed by atoms with Gasteiger partial charge in [0.1, 0.15) is 10.6 Å². The Kier molecular flexibility index (Phi) is 8.52. The molecule has 2 amide bonds. The lowest BCUT2D eigenvalue weighted by molar-refractivity contribution is -0.120. The number of hydrogen-bond acceptors (Lipinski definition) is 6. The quantitative estimate of drug-likeness (QED) is 0.249. The standard InChI is InChI=1S/C27H29ClN2O4S/c1-2-3-17-34-27(33)18-9-13-21(14-10-18)30-25(31)23(29-20-7-5-4-6-8-20)24(26(30)32)35-22-15-11-19(28)12-16-22/h9-16,20,29H,2-8,17H2,1H3. The molecular weight excluding hydrogens is 484 g/mol. The van der Waals surface area contributed by atoms with Gasteiger partial charge in [-0.15, -0.1) is 0 Å². The molecule has 1 heterocycles. The number of rotatable bonds is 9. The lowest BCUT2D eigenvalue weighted by Gasteiger charge is -2.24. The van der Waals surface area contributed by atoms with Crippen molar-refractivity contribution in [3.05, 3.63) is 69.7 Å². The van der Waals surface area contributed by atoms with Gasteiger partial charge in [-0.2, -0.15) is 0 Å². The third kappa shape index (κ3) is 6.08. The molecule has 184 valence electrons. The number of unbranched alkanes of at least 4 members (excludes halogenated alkanes) is 1. The second-order valence-corrected chi connectivity index (χ2v) is 10.2. The zero-order valence-electron chi connectivity index (χ0n) is 19.7. The van der Waals surface area contributed by atoms with E-state index in [0.29, 0.717) is 33.5 Å². The Hall–Kier alpha value is -2.77. The highest BCUT2D eigenvalue weighted by Gasteiger charge is 2.41. The van der Waals surface area contributed by atoms with Crippen LogP contribution >= 0.6 is 23.4 Å². The number of esters is 1. The van der Waals surface area contributed by atoms with Crippen molar-refractivity contribution in [3.8, 4) is 0 Å². The Labute approximate surface area is 215 Å². The third-order valence-corrected chi connectivity index (χ3v) is 7.46. The van der Waals surface area contributed by atoms with E-state index in [-0.39, 0.29) is 17.9 Å². The third-order valence-electron chi connectivity index (χ3n) is 6.12. The Bertz CT molecular complexity index is 1110. The van der Waals surface area contributed by atoms with E-state index in [0.717, 1.165) is 43.4 Å². The molecule has 8 heteroatoms. The summed E-state index contributed by atoms with van der Waals surface area (Å²) in [6.07, 6.45) is 7.08. The van der Waals surface area contributed by atoms with Gasteiger partial charge in [0, 0.05) is 16.0 Å². The highest BCUT2D eigenvalue weighted by Crippen LogP contribution is 2.37. The van der Waals surface area contributed by atoms with Crippen molar-refractivity contribution in [1.29, 1.82) is 0 Å². The molecule has 0 spiro atoms. The van der Waals surface area contributed by atoms with E-state index >= 15 is 0 Å². The summed E-state index contributed by atoms with van der Waals surface area (Å²) >= 11 is 7.27. The molecule has 35 heavy (non-hydrogen) atoms. The minimum atomic E-state index is -0.416. The van der Waals surface area contributed by atoms with Crippen LogP contribution in [0.3, 0.4) is 0 Å². The topological polar surface area (TPSA) is 75.7 Å². The largest absolute Gasteiger partial charge is 0.462 e. The summed E-state index contributed by atoms with van der Waals surface area (Å²) < 4.78 is 5.25. The van der Waals surface area contributed by atoms with Crippen LogP contribution < -0.4 is 10.2 Å². The zero-order chi connectivity index (χ0) is 24.8. The van der Waals surface area contributed by atoms with Gasteiger partial charge < -0.3 is 10.1 Å². The summed E-state index contributed by atoms with van der Waals surface area (Å²) in [6.45, 7) is 2.39. The smallest absolute Gasteiger partial charge is 0.338 e. The fraction of sp³-hybridized carbons (Fsp3) is 0.370. The SMILES string of the molecule is CCCCOC(=O)c1ccc(N2C(=O)C(NC3CCCCC3)=C(Sc3ccc(Cl)cc3)C2=O)cc1. The number of ether oxygens (including phenoxy) is 1. The molecule has 0 unspecified atom stereocenters. The fourth-order valence-corrected chi connectivity index (χ4v) is 5.24. The van der Waals surface area contributed by atoms with Crippen LogP contribution in [0.15, 0.2) is 64.0 Å². The van der Waals surface area contributed by atoms with E-state index in [2.05, 4.69) is 5.32 Å². The number of carbonyl (C=O) groups is 3. The molecule has 0 bridgehead atoms. The highest BCUT2D eigenvalue weighted by atomic mass is 35.5. The first-order valence-electron chi connectivity index (χ1n) is 12.1. The zero-order valence-corrected chi connectivity index (χ0v) is 21.3. The maximum Gasteiger partial charge on any atom is 0.338 e. The average Bonchev–Trinajstić information content (AvgIpc) is 3.10. The molecule has 0 aromatic heterocycles. The van der Waals surface area contributed by atoms with Crippen molar-refractivity contribution < 1.29 is 19.1 Å². The number of thioether (sulfide) groups is 1. The summed E-state index contributed by atoms with van der Waals surface area (Å²) in [5.74, 6) is -1.18. The van der Waals surface area contributed by atoms with E-state index in [9.17, 15) is 14.4 Å². The van der Waals surface area contributed by atoms with Gasteiger partial charge in [0.05, 0.1) is 17.9 Å². The van der Waals surface area contributed by atoms with Crippen molar-refractivity contribution in [1.82, 2.24) is 5.32 Å². The second-order valence-electron chi connectivity index (χ2n) is 8.72. The molecular formula is C27H29ClN2O4S. The summed E-state index contributed by atoms with van der Waals surface area (Å²) in [7, 11) is 0. The maximum absolute atomic E-state index is 13.5. The Morgan fingerprint density at radius 2 is 1.71 bits per heavy atom. The minimum absolute atomic E-state index is 0.163. The number of nitrogens with one attached hydrogen (secondary N) is 1.